The second-order valence-electron chi connectivity index (χ2n) is 4.52. The van der Waals surface area contributed by atoms with Crippen molar-refractivity contribution in [1.82, 2.24) is 5.32 Å². The van der Waals surface area contributed by atoms with Gasteiger partial charge in [-0.15, -0.1) is 0 Å². The molecular formula is C12H21NO3. The predicted octanol–water partition coefficient (Wildman–Crippen LogP) is 1.29. The van der Waals surface area contributed by atoms with E-state index in [1.165, 1.54) is 6.92 Å². The molecule has 0 bridgehead atoms. The van der Waals surface area contributed by atoms with Crippen LogP contribution in [0.5, 0.6) is 0 Å². The van der Waals surface area contributed by atoms with Crippen LogP contribution in [0.2, 0.25) is 0 Å². The number of Topliss-reactive ketones (excluding diaryl/α,β-unsaturated/α-hetero) is 1. The molecule has 0 saturated heterocycles. The Bertz CT molecular complexity index is 259. The van der Waals surface area contributed by atoms with Crippen molar-refractivity contribution in [3.05, 3.63) is 0 Å². The molecule has 0 aromatic heterocycles. The fourth-order valence-electron chi connectivity index (χ4n) is 1.88. The Hall–Kier alpha value is -0.900. The molecule has 1 N–H and O–H groups in total. The maximum atomic E-state index is 11.5. The first-order valence-corrected chi connectivity index (χ1v) is 5.94. The maximum absolute atomic E-state index is 11.5. The molecule has 0 aromatic rings. The Morgan fingerprint density at radius 3 is 2.56 bits per heavy atom. The first-order chi connectivity index (χ1) is 7.52. The van der Waals surface area contributed by atoms with E-state index in [-0.39, 0.29) is 17.7 Å². The molecule has 1 fully saturated rings. The molecular weight excluding hydrogens is 206 g/mol. The van der Waals surface area contributed by atoms with Gasteiger partial charge < -0.3 is 10.1 Å². The van der Waals surface area contributed by atoms with Crippen LogP contribution in [-0.2, 0) is 14.3 Å². The van der Waals surface area contributed by atoms with Crippen LogP contribution < -0.4 is 5.32 Å². The second-order valence-corrected chi connectivity index (χ2v) is 4.52. The van der Waals surface area contributed by atoms with Crippen molar-refractivity contribution in [1.29, 1.82) is 0 Å². The number of carbonyl (C=O) groups excluding carboxylic acids is 2. The van der Waals surface area contributed by atoms with Gasteiger partial charge in [0.2, 0.25) is 5.91 Å². The van der Waals surface area contributed by atoms with Gasteiger partial charge in [-0.05, 0) is 39.5 Å². The molecule has 1 saturated carbocycles. The summed E-state index contributed by atoms with van der Waals surface area (Å²) >= 11 is 0. The van der Waals surface area contributed by atoms with E-state index in [0.29, 0.717) is 18.4 Å². The number of amides is 1. The number of hydrogen-bond donors (Lipinski definition) is 1. The molecule has 1 atom stereocenters. The van der Waals surface area contributed by atoms with Crippen molar-refractivity contribution in [3.8, 4) is 0 Å². The Kier molecular flexibility index (Phi) is 4.93. The van der Waals surface area contributed by atoms with Gasteiger partial charge in [0.05, 0.1) is 12.1 Å². The average molecular weight is 227 g/mol. The Morgan fingerprint density at radius 2 is 2.06 bits per heavy atom. The molecule has 16 heavy (non-hydrogen) atoms. The van der Waals surface area contributed by atoms with Crippen LogP contribution in [0, 0.1) is 5.92 Å². The zero-order valence-electron chi connectivity index (χ0n) is 10.3. The zero-order chi connectivity index (χ0) is 12.1. The van der Waals surface area contributed by atoms with Crippen molar-refractivity contribution in [3.63, 3.8) is 0 Å². The van der Waals surface area contributed by atoms with Crippen molar-refractivity contribution in [2.45, 2.75) is 52.2 Å². The summed E-state index contributed by atoms with van der Waals surface area (Å²) < 4.78 is 5.42. The number of carbonyl (C=O) groups is 2. The average Bonchev–Trinajstić information content (AvgIpc) is 2.14. The van der Waals surface area contributed by atoms with Crippen LogP contribution in [0.25, 0.3) is 0 Å². The quantitative estimate of drug-likeness (QED) is 0.743. The normalized spacial score (nSPS) is 25.7. The lowest BCUT2D eigenvalue weighted by Crippen LogP contribution is -2.40. The van der Waals surface area contributed by atoms with Gasteiger partial charge in [0.1, 0.15) is 0 Å². The predicted molar refractivity (Wildman–Crippen MR) is 61.0 cm³/mol. The van der Waals surface area contributed by atoms with Crippen molar-refractivity contribution < 1.29 is 14.3 Å². The van der Waals surface area contributed by atoms with Gasteiger partial charge in [0.15, 0.2) is 5.78 Å². The summed E-state index contributed by atoms with van der Waals surface area (Å²) in [4.78, 5) is 22.5. The maximum Gasteiger partial charge on any atom is 0.220 e. The van der Waals surface area contributed by atoms with Gasteiger partial charge in [-0.2, -0.15) is 0 Å². The number of ketones is 1. The van der Waals surface area contributed by atoms with Crippen LogP contribution in [0.15, 0.2) is 0 Å². The zero-order valence-corrected chi connectivity index (χ0v) is 10.3. The lowest BCUT2D eigenvalue weighted by Gasteiger charge is -2.34. The van der Waals surface area contributed by atoms with Crippen LogP contribution in [-0.4, -0.2) is 30.4 Å². The number of hydrogen-bond acceptors (Lipinski definition) is 3. The lowest BCUT2D eigenvalue weighted by atomic mass is 9.80. The Labute approximate surface area is 96.7 Å². The molecule has 0 aromatic carbocycles. The summed E-state index contributed by atoms with van der Waals surface area (Å²) in [5, 5.41) is 2.70. The minimum atomic E-state index is -0.365. The summed E-state index contributed by atoms with van der Waals surface area (Å²) in [5.74, 6) is 0.396. The van der Waals surface area contributed by atoms with E-state index in [9.17, 15) is 9.59 Å². The summed E-state index contributed by atoms with van der Waals surface area (Å²) in [6.45, 7) is 5.92. The highest BCUT2D eigenvalue weighted by Gasteiger charge is 2.31. The third-order valence-corrected chi connectivity index (χ3v) is 3.06. The van der Waals surface area contributed by atoms with Crippen molar-refractivity contribution in [2.75, 3.05) is 6.61 Å². The highest BCUT2D eigenvalue weighted by Crippen LogP contribution is 2.32. The number of nitrogens with one attached hydrogen (secondary N) is 1. The second kappa shape index (κ2) is 5.99. The van der Waals surface area contributed by atoms with Crippen LogP contribution >= 0.6 is 0 Å². The largest absolute Gasteiger partial charge is 0.378 e. The van der Waals surface area contributed by atoms with E-state index in [0.717, 1.165) is 19.4 Å². The van der Waals surface area contributed by atoms with Crippen LogP contribution in [0.3, 0.4) is 0 Å². The summed E-state index contributed by atoms with van der Waals surface area (Å²) in [7, 11) is 0. The molecule has 1 amide bonds. The van der Waals surface area contributed by atoms with E-state index in [4.69, 9.17) is 4.74 Å². The van der Waals surface area contributed by atoms with Gasteiger partial charge in [-0.25, -0.2) is 0 Å². The molecule has 0 spiro atoms. The number of rotatable bonds is 6. The SMILES string of the molecule is CCOC1CC(CC(=O)NC(C)C(C)=O)C1. The van der Waals surface area contributed by atoms with Gasteiger partial charge in [-0.3, -0.25) is 9.59 Å². The van der Waals surface area contributed by atoms with Gasteiger partial charge in [0, 0.05) is 13.0 Å². The first kappa shape index (κ1) is 13.2. The van der Waals surface area contributed by atoms with Gasteiger partial charge in [-0.1, -0.05) is 0 Å². The molecule has 1 unspecified atom stereocenters. The fourth-order valence-corrected chi connectivity index (χ4v) is 1.88. The fraction of sp³-hybridized carbons (Fsp3) is 0.833. The molecule has 92 valence electrons. The third-order valence-electron chi connectivity index (χ3n) is 3.06. The summed E-state index contributed by atoms with van der Waals surface area (Å²) in [6.07, 6.45) is 2.79. The topological polar surface area (TPSA) is 55.4 Å². The monoisotopic (exact) mass is 227 g/mol. The molecule has 4 heteroatoms. The molecule has 1 rings (SSSR count). The minimum absolute atomic E-state index is 0.00541. The summed E-state index contributed by atoms with van der Waals surface area (Å²) in [6, 6.07) is -0.365. The van der Waals surface area contributed by atoms with Crippen LogP contribution in [0.4, 0.5) is 0 Å². The van der Waals surface area contributed by atoms with E-state index in [1.54, 1.807) is 6.92 Å². The van der Waals surface area contributed by atoms with E-state index in [1.807, 2.05) is 6.92 Å². The number of ether oxygens (including phenoxy) is 1. The Morgan fingerprint density at radius 1 is 1.44 bits per heavy atom. The third kappa shape index (κ3) is 3.93. The molecule has 0 heterocycles. The lowest BCUT2D eigenvalue weighted by molar-refractivity contribution is -0.128. The highest BCUT2D eigenvalue weighted by molar-refractivity contribution is 5.87. The van der Waals surface area contributed by atoms with Gasteiger partial charge >= 0.3 is 0 Å². The standard InChI is InChI=1S/C12H21NO3/c1-4-16-11-5-10(6-11)7-12(15)13-8(2)9(3)14/h8,10-11H,4-7H2,1-3H3,(H,13,15). The molecule has 0 radical (unpaired) electrons. The van der Waals surface area contributed by atoms with E-state index >= 15 is 0 Å². The highest BCUT2D eigenvalue weighted by atomic mass is 16.5. The Balaban J connectivity index is 2.15. The van der Waals surface area contributed by atoms with E-state index < -0.39 is 0 Å². The molecule has 1 aliphatic rings. The van der Waals surface area contributed by atoms with E-state index in [2.05, 4.69) is 5.32 Å². The van der Waals surface area contributed by atoms with Gasteiger partial charge in [0.25, 0.3) is 0 Å². The molecule has 0 aliphatic heterocycles. The van der Waals surface area contributed by atoms with Crippen molar-refractivity contribution in [2.24, 2.45) is 5.92 Å². The first-order valence-electron chi connectivity index (χ1n) is 5.94. The summed E-state index contributed by atoms with van der Waals surface area (Å²) in [5.41, 5.74) is 0. The minimum Gasteiger partial charge on any atom is -0.378 e. The molecule has 1 aliphatic carbocycles. The van der Waals surface area contributed by atoms with Crippen LogP contribution in [0.1, 0.15) is 40.0 Å². The smallest absolute Gasteiger partial charge is 0.220 e. The molecule has 4 nitrogen and oxygen atoms in total. The van der Waals surface area contributed by atoms with Crippen molar-refractivity contribution >= 4 is 11.7 Å².